The van der Waals surface area contributed by atoms with Crippen LogP contribution in [0.4, 0.5) is 10.5 Å². The summed E-state index contributed by atoms with van der Waals surface area (Å²) in [5, 5.41) is 3.26. The summed E-state index contributed by atoms with van der Waals surface area (Å²) in [4.78, 5) is 39.7. The van der Waals surface area contributed by atoms with Crippen molar-refractivity contribution >= 4 is 52.8 Å². The molecule has 1 aliphatic heterocycles. The van der Waals surface area contributed by atoms with Gasteiger partial charge in [-0.2, -0.15) is 0 Å². The van der Waals surface area contributed by atoms with E-state index >= 15 is 0 Å². The number of ether oxygens (including phenoxy) is 2. The lowest BCUT2D eigenvalue weighted by atomic mass is 10.1. The monoisotopic (exact) mass is 572 g/mol. The third-order valence-corrected chi connectivity index (χ3v) is 6.51. The molecular weight excluding hydrogens is 551 g/mol. The van der Waals surface area contributed by atoms with Gasteiger partial charge in [0.25, 0.3) is 11.8 Å². The summed E-state index contributed by atoms with van der Waals surface area (Å²) in [7, 11) is 0. The van der Waals surface area contributed by atoms with Gasteiger partial charge in [0.1, 0.15) is 30.3 Å². The molecule has 4 aromatic carbocycles. The van der Waals surface area contributed by atoms with Gasteiger partial charge in [0.2, 0.25) is 0 Å². The SMILES string of the molecule is O=C1NC(=O)N(c2ccc(OCc3ccc(Cl)cc3)cc2)C(=O)/C1=C/c1cc(Cl)ccc1OCc1ccccc1. The molecule has 4 aromatic rings. The first-order chi connectivity index (χ1) is 19.4. The van der Waals surface area contributed by atoms with Crippen LogP contribution >= 0.6 is 23.2 Å². The van der Waals surface area contributed by atoms with Gasteiger partial charge < -0.3 is 9.47 Å². The lowest BCUT2D eigenvalue weighted by Gasteiger charge is -2.26. The fourth-order valence-electron chi connectivity index (χ4n) is 3.99. The maximum Gasteiger partial charge on any atom is 0.335 e. The van der Waals surface area contributed by atoms with Crippen LogP contribution in [-0.4, -0.2) is 17.8 Å². The molecule has 4 amide bonds. The molecule has 1 N–H and O–H groups in total. The molecule has 200 valence electrons. The molecule has 0 spiro atoms. The zero-order valence-corrected chi connectivity index (χ0v) is 22.5. The second-order valence-corrected chi connectivity index (χ2v) is 9.70. The van der Waals surface area contributed by atoms with Gasteiger partial charge in [-0.05, 0) is 71.8 Å². The van der Waals surface area contributed by atoms with E-state index in [1.165, 1.54) is 6.08 Å². The Balaban J connectivity index is 1.35. The molecule has 1 saturated heterocycles. The fraction of sp³-hybridized carbons (Fsp3) is 0.0645. The van der Waals surface area contributed by atoms with Crippen molar-refractivity contribution in [1.82, 2.24) is 5.32 Å². The highest BCUT2D eigenvalue weighted by atomic mass is 35.5. The van der Waals surface area contributed by atoms with E-state index in [1.54, 1.807) is 54.6 Å². The van der Waals surface area contributed by atoms with E-state index < -0.39 is 17.8 Å². The van der Waals surface area contributed by atoms with Gasteiger partial charge in [0.05, 0.1) is 5.69 Å². The Morgan fingerprint density at radius 2 is 1.38 bits per heavy atom. The Morgan fingerprint density at radius 3 is 2.10 bits per heavy atom. The van der Waals surface area contributed by atoms with Crippen LogP contribution in [0, 0.1) is 0 Å². The van der Waals surface area contributed by atoms with Crippen molar-refractivity contribution in [2.24, 2.45) is 0 Å². The highest BCUT2D eigenvalue weighted by molar-refractivity contribution is 6.39. The van der Waals surface area contributed by atoms with E-state index in [0.717, 1.165) is 16.0 Å². The van der Waals surface area contributed by atoms with E-state index in [0.29, 0.717) is 33.7 Å². The summed E-state index contributed by atoms with van der Waals surface area (Å²) >= 11 is 12.1. The largest absolute Gasteiger partial charge is 0.489 e. The lowest BCUT2D eigenvalue weighted by Crippen LogP contribution is -2.54. The maximum atomic E-state index is 13.4. The third-order valence-electron chi connectivity index (χ3n) is 6.02. The van der Waals surface area contributed by atoms with Gasteiger partial charge in [-0.3, -0.25) is 14.9 Å². The van der Waals surface area contributed by atoms with Crippen LogP contribution in [0.25, 0.3) is 6.08 Å². The van der Waals surface area contributed by atoms with Crippen LogP contribution in [0.15, 0.2) is 103 Å². The number of amides is 4. The van der Waals surface area contributed by atoms with Crippen molar-refractivity contribution in [2.75, 3.05) is 4.90 Å². The van der Waals surface area contributed by atoms with E-state index in [9.17, 15) is 14.4 Å². The molecule has 5 rings (SSSR count). The van der Waals surface area contributed by atoms with Gasteiger partial charge in [0.15, 0.2) is 0 Å². The number of carbonyl (C=O) groups excluding carboxylic acids is 3. The van der Waals surface area contributed by atoms with Crippen molar-refractivity contribution in [1.29, 1.82) is 0 Å². The molecule has 40 heavy (non-hydrogen) atoms. The topological polar surface area (TPSA) is 84.9 Å². The summed E-state index contributed by atoms with van der Waals surface area (Å²) in [6, 6.07) is 27.3. The first kappa shape index (κ1) is 27.0. The standard InChI is InChI=1S/C31H22Cl2N2O5/c32-23-8-6-21(7-9-23)18-39-26-13-11-25(12-14-26)35-30(37)27(29(36)34-31(35)38)17-22-16-24(33)10-15-28(22)40-19-20-4-2-1-3-5-20/h1-17H,18-19H2,(H,34,36,38)/b27-17+. The summed E-state index contributed by atoms with van der Waals surface area (Å²) in [6.07, 6.45) is 1.37. The summed E-state index contributed by atoms with van der Waals surface area (Å²) in [5.74, 6) is -0.637. The molecule has 9 heteroatoms. The normalized spacial score (nSPS) is 14.3. The molecule has 0 aliphatic carbocycles. The number of nitrogens with one attached hydrogen (secondary N) is 1. The number of halogens is 2. The molecule has 0 saturated carbocycles. The lowest BCUT2D eigenvalue weighted by molar-refractivity contribution is -0.122. The second-order valence-electron chi connectivity index (χ2n) is 8.82. The summed E-state index contributed by atoms with van der Waals surface area (Å²) in [6.45, 7) is 0.588. The van der Waals surface area contributed by atoms with Crippen LogP contribution in [0.5, 0.6) is 11.5 Å². The van der Waals surface area contributed by atoms with Crippen LogP contribution in [0.2, 0.25) is 10.0 Å². The molecular formula is C31H22Cl2N2O5. The first-order valence-corrected chi connectivity index (χ1v) is 13.0. The van der Waals surface area contributed by atoms with E-state index in [4.69, 9.17) is 32.7 Å². The van der Waals surface area contributed by atoms with Gasteiger partial charge >= 0.3 is 6.03 Å². The Labute approximate surface area is 240 Å². The Kier molecular flexibility index (Phi) is 8.15. The van der Waals surface area contributed by atoms with Crippen LogP contribution in [-0.2, 0) is 22.8 Å². The van der Waals surface area contributed by atoms with Crippen molar-refractivity contribution < 1.29 is 23.9 Å². The number of imide groups is 2. The summed E-state index contributed by atoms with van der Waals surface area (Å²) in [5.41, 5.74) is 2.32. The maximum absolute atomic E-state index is 13.4. The molecule has 0 radical (unpaired) electrons. The number of urea groups is 1. The van der Waals surface area contributed by atoms with E-state index in [-0.39, 0.29) is 17.9 Å². The number of barbiturate groups is 1. The molecule has 0 atom stereocenters. The predicted octanol–water partition coefficient (Wildman–Crippen LogP) is 6.82. The van der Waals surface area contributed by atoms with Gasteiger partial charge in [-0.25, -0.2) is 9.69 Å². The van der Waals surface area contributed by atoms with Crippen LogP contribution in [0.3, 0.4) is 0 Å². The molecule has 1 fully saturated rings. The minimum atomic E-state index is -0.853. The number of rotatable bonds is 8. The smallest absolute Gasteiger partial charge is 0.335 e. The molecule has 0 unspecified atom stereocenters. The van der Waals surface area contributed by atoms with Crippen molar-refractivity contribution in [3.8, 4) is 11.5 Å². The third kappa shape index (κ3) is 6.34. The number of hydrogen-bond acceptors (Lipinski definition) is 5. The average molecular weight is 573 g/mol. The number of nitrogens with zero attached hydrogens (tertiary/aromatic N) is 1. The zero-order valence-electron chi connectivity index (χ0n) is 21.0. The van der Waals surface area contributed by atoms with Crippen LogP contribution in [0.1, 0.15) is 16.7 Å². The number of hydrogen-bond donors (Lipinski definition) is 1. The molecule has 7 nitrogen and oxygen atoms in total. The number of anilines is 1. The highest BCUT2D eigenvalue weighted by Crippen LogP contribution is 2.29. The Hall–Kier alpha value is -4.59. The zero-order chi connectivity index (χ0) is 28.1. The Morgan fingerprint density at radius 1 is 0.725 bits per heavy atom. The van der Waals surface area contributed by atoms with Crippen molar-refractivity contribution in [2.45, 2.75) is 13.2 Å². The van der Waals surface area contributed by atoms with Gasteiger partial charge in [-0.15, -0.1) is 0 Å². The van der Waals surface area contributed by atoms with Gasteiger partial charge in [0, 0.05) is 15.6 Å². The van der Waals surface area contributed by atoms with Crippen molar-refractivity contribution in [3.05, 3.63) is 129 Å². The second kappa shape index (κ2) is 12.1. The summed E-state index contributed by atoms with van der Waals surface area (Å²) < 4.78 is 11.7. The number of carbonyl (C=O) groups is 3. The minimum Gasteiger partial charge on any atom is -0.489 e. The highest BCUT2D eigenvalue weighted by Gasteiger charge is 2.37. The molecule has 1 heterocycles. The van der Waals surface area contributed by atoms with Gasteiger partial charge in [-0.1, -0.05) is 65.7 Å². The fourth-order valence-corrected chi connectivity index (χ4v) is 4.29. The molecule has 0 aromatic heterocycles. The van der Waals surface area contributed by atoms with E-state index in [1.807, 2.05) is 42.5 Å². The average Bonchev–Trinajstić information content (AvgIpc) is 2.95. The van der Waals surface area contributed by atoms with Crippen LogP contribution < -0.4 is 19.7 Å². The number of benzene rings is 4. The first-order valence-electron chi connectivity index (χ1n) is 12.2. The van der Waals surface area contributed by atoms with E-state index in [2.05, 4.69) is 5.32 Å². The Bertz CT molecular complexity index is 1590. The minimum absolute atomic E-state index is 0.241. The predicted molar refractivity (Wildman–Crippen MR) is 153 cm³/mol. The molecule has 0 bridgehead atoms. The molecule has 1 aliphatic rings. The quantitative estimate of drug-likeness (QED) is 0.185. The van der Waals surface area contributed by atoms with Crippen molar-refractivity contribution in [3.63, 3.8) is 0 Å².